The number of rotatable bonds is 13. The first-order valence-corrected chi connectivity index (χ1v) is 14.2. The average Bonchev–Trinajstić information content (AvgIpc) is 2.86. The SMILES string of the molecule is CCC(C)NC(=O)C(CC)N(CCc1ccccc1)C(=O)CN(c1cc(C)ccc1C)S(=O)(=O)N(C)C. The van der Waals surface area contributed by atoms with E-state index in [4.69, 9.17) is 0 Å². The van der Waals surface area contributed by atoms with E-state index in [-0.39, 0.29) is 18.5 Å². The van der Waals surface area contributed by atoms with Crippen LogP contribution in [0.25, 0.3) is 0 Å². The smallest absolute Gasteiger partial charge is 0.304 e. The van der Waals surface area contributed by atoms with Crippen molar-refractivity contribution in [2.75, 3.05) is 31.5 Å². The third kappa shape index (κ3) is 8.04. The molecule has 8 nitrogen and oxygen atoms in total. The fraction of sp³-hybridized carbons (Fsp3) is 0.500. The molecular weight excluding hydrogens is 488 g/mol. The van der Waals surface area contributed by atoms with Gasteiger partial charge < -0.3 is 10.2 Å². The van der Waals surface area contributed by atoms with E-state index in [1.54, 1.807) is 6.07 Å². The van der Waals surface area contributed by atoms with E-state index in [1.165, 1.54) is 19.0 Å². The van der Waals surface area contributed by atoms with Gasteiger partial charge in [-0.3, -0.25) is 9.59 Å². The first-order valence-electron chi connectivity index (χ1n) is 12.8. The second-order valence-electron chi connectivity index (χ2n) is 9.65. The van der Waals surface area contributed by atoms with Crippen LogP contribution in [0.5, 0.6) is 0 Å². The predicted molar refractivity (Wildman–Crippen MR) is 150 cm³/mol. The Labute approximate surface area is 222 Å². The van der Waals surface area contributed by atoms with Gasteiger partial charge in [0, 0.05) is 26.7 Å². The molecule has 0 heterocycles. The third-order valence-corrected chi connectivity index (χ3v) is 8.33. The van der Waals surface area contributed by atoms with Gasteiger partial charge in [0.2, 0.25) is 11.8 Å². The van der Waals surface area contributed by atoms with Gasteiger partial charge in [0.15, 0.2) is 0 Å². The van der Waals surface area contributed by atoms with Gasteiger partial charge in [0.25, 0.3) is 0 Å². The fourth-order valence-corrected chi connectivity index (χ4v) is 5.14. The normalized spacial score (nSPS) is 13.2. The van der Waals surface area contributed by atoms with Gasteiger partial charge in [-0.25, -0.2) is 4.31 Å². The maximum atomic E-state index is 13.9. The largest absolute Gasteiger partial charge is 0.352 e. The highest BCUT2D eigenvalue weighted by Crippen LogP contribution is 2.26. The van der Waals surface area contributed by atoms with Crippen molar-refractivity contribution in [2.45, 2.75) is 66.0 Å². The maximum absolute atomic E-state index is 13.9. The zero-order valence-electron chi connectivity index (χ0n) is 23.2. The molecule has 37 heavy (non-hydrogen) atoms. The molecule has 0 aliphatic rings. The van der Waals surface area contributed by atoms with Gasteiger partial charge in [0.1, 0.15) is 12.6 Å². The number of nitrogens with zero attached hydrogens (tertiary/aromatic N) is 3. The van der Waals surface area contributed by atoms with Gasteiger partial charge >= 0.3 is 10.2 Å². The van der Waals surface area contributed by atoms with Crippen molar-refractivity contribution in [2.24, 2.45) is 0 Å². The molecule has 2 amide bonds. The molecule has 0 fully saturated rings. The molecule has 0 spiro atoms. The predicted octanol–water partition coefficient (Wildman–Crippen LogP) is 3.68. The van der Waals surface area contributed by atoms with Crippen LogP contribution in [-0.4, -0.2) is 68.7 Å². The average molecular weight is 531 g/mol. The summed E-state index contributed by atoms with van der Waals surface area (Å²) in [6.45, 7) is 9.35. The van der Waals surface area contributed by atoms with Gasteiger partial charge in [-0.2, -0.15) is 12.7 Å². The molecule has 0 aromatic heterocycles. The van der Waals surface area contributed by atoms with Crippen molar-refractivity contribution < 1.29 is 18.0 Å². The Kier molecular flexibility index (Phi) is 11.1. The summed E-state index contributed by atoms with van der Waals surface area (Å²) in [6.07, 6.45) is 1.72. The molecule has 0 bridgehead atoms. The van der Waals surface area contributed by atoms with Crippen LogP contribution in [0.4, 0.5) is 5.69 Å². The van der Waals surface area contributed by atoms with Crippen LogP contribution in [0.2, 0.25) is 0 Å². The summed E-state index contributed by atoms with van der Waals surface area (Å²) in [4.78, 5) is 28.6. The molecule has 2 atom stereocenters. The summed E-state index contributed by atoms with van der Waals surface area (Å²) in [5.41, 5.74) is 3.10. The van der Waals surface area contributed by atoms with E-state index < -0.39 is 28.7 Å². The van der Waals surface area contributed by atoms with E-state index in [0.29, 0.717) is 18.5 Å². The van der Waals surface area contributed by atoms with Crippen molar-refractivity contribution in [1.82, 2.24) is 14.5 Å². The highest BCUT2D eigenvalue weighted by molar-refractivity contribution is 7.90. The van der Waals surface area contributed by atoms with Crippen molar-refractivity contribution >= 4 is 27.7 Å². The Morgan fingerprint density at radius 3 is 2.19 bits per heavy atom. The minimum Gasteiger partial charge on any atom is -0.352 e. The van der Waals surface area contributed by atoms with Gasteiger partial charge in [-0.05, 0) is 62.8 Å². The van der Waals surface area contributed by atoms with Gasteiger partial charge in [0.05, 0.1) is 5.69 Å². The summed E-state index contributed by atoms with van der Waals surface area (Å²) in [5, 5.41) is 2.99. The standard InChI is InChI=1S/C28H42N4O4S/c1-8-23(5)29-28(34)25(9-2)31(18-17-24-13-11-10-12-14-24)27(33)20-32(37(35,36)30(6)7)26-19-21(3)15-16-22(26)4/h10-16,19,23,25H,8-9,17-18,20H2,1-7H3,(H,29,34). The molecule has 0 saturated heterocycles. The number of amides is 2. The molecule has 0 saturated carbocycles. The lowest BCUT2D eigenvalue weighted by molar-refractivity contribution is -0.139. The zero-order chi connectivity index (χ0) is 27.8. The van der Waals surface area contributed by atoms with Crippen molar-refractivity contribution in [3.05, 3.63) is 65.2 Å². The molecule has 204 valence electrons. The molecule has 2 aromatic carbocycles. The second kappa shape index (κ2) is 13.6. The quantitative estimate of drug-likeness (QED) is 0.428. The molecule has 2 rings (SSSR count). The van der Waals surface area contributed by atoms with Crippen LogP contribution in [0.3, 0.4) is 0 Å². The molecule has 0 radical (unpaired) electrons. The molecule has 1 N–H and O–H groups in total. The fourth-order valence-electron chi connectivity index (χ4n) is 4.03. The van der Waals surface area contributed by atoms with E-state index >= 15 is 0 Å². The minimum atomic E-state index is -3.98. The number of carbonyl (C=O) groups is 2. The number of hydrogen-bond acceptors (Lipinski definition) is 4. The van der Waals surface area contributed by atoms with Crippen molar-refractivity contribution in [3.63, 3.8) is 0 Å². The van der Waals surface area contributed by atoms with Crippen LogP contribution < -0.4 is 9.62 Å². The topological polar surface area (TPSA) is 90.0 Å². The van der Waals surface area contributed by atoms with Crippen LogP contribution in [-0.2, 0) is 26.2 Å². The van der Waals surface area contributed by atoms with Crippen molar-refractivity contribution in [3.8, 4) is 0 Å². The van der Waals surface area contributed by atoms with Crippen LogP contribution >= 0.6 is 0 Å². The molecule has 2 aromatic rings. The lowest BCUT2D eigenvalue weighted by Gasteiger charge is -2.34. The Bertz CT molecular complexity index is 1150. The number of benzene rings is 2. The Balaban J connectivity index is 2.48. The highest BCUT2D eigenvalue weighted by Gasteiger charge is 2.34. The summed E-state index contributed by atoms with van der Waals surface area (Å²) in [5.74, 6) is -0.652. The number of nitrogens with one attached hydrogen (secondary N) is 1. The zero-order valence-corrected chi connectivity index (χ0v) is 24.0. The van der Waals surface area contributed by atoms with E-state index in [0.717, 1.165) is 31.7 Å². The Morgan fingerprint density at radius 2 is 1.62 bits per heavy atom. The Hall–Kier alpha value is -2.91. The first kappa shape index (κ1) is 30.3. The Morgan fingerprint density at radius 1 is 0.973 bits per heavy atom. The summed E-state index contributed by atoms with van der Waals surface area (Å²) < 4.78 is 29.0. The molecule has 0 aliphatic carbocycles. The third-order valence-electron chi connectivity index (χ3n) is 6.52. The maximum Gasteiger partial charge on any atom is 0.304 e. The summed E-state index contributed by atoms with van der Waals surface area (Å²) in [6, 6.07) is 14.5. The first-order chi connectivity index (χ1) is 17.4. The van der Waals surface area contributed by atoms with E-state index in [1.807, 2.05) is 77.1 Å². The highest BCUT2D eigenvalue weighted by atomic mass is 32.2. The van der Waals surface area contributed by atoms with Crippen LogP contribution in [0.1, 0.15) is 50.3 Å². The number of aryl methyl sites for hydroxylation is 2. The van der Waals surface area contributed by atoms with Crippen LogP contribution in [0.15, 0.2) is 48.5 Å². The summed E-state index contributed by atoms with van der Waals surface area (Å²) in [7, 11) is -1.10. The molecule has 9 heteroatoms. The molecular formula is C28H42N4O4S. The number of anilines is 1. The molecule has 2 unspecified atom stereocenters. The minimum absolute atomic E-state index is 0.0341. The van der Waals surface area contributed by atoms with E-state index in [9.17, 15) is 18.0 Å². The number of carbonyl (C=O) groups excluding carboxylic acids is 2. The van der Waals surface area contributed by atoms with E-state index in [2.05, 4.69) is 5.32 Å². The van der Waals surface area contributed by atoms with Gasteiger partial charge in [-0.1, -0.05) is 56.3 Å². The van der Waals surface area contributed by atoms with Crippen molar-refractivity contribution in [1.29, 1.82) is 0 Å². The molecule has 0 aliphatic heterocycles. The number of hydrogen-bond donors (Lipinski definition) is 1. The van der Waals surface area contributed by atoms with Gasteiger partial charge in [-0.15, -0.1) is 0 Å². The lowest BCUT2D eigenvalue weighted by Crippen LogP contribution is -2.55. The monoisotopic (exact) mass is 530 g/mol. The van der Waals surface area contributed by atoms with Crippen LogP contribution in [0, 0.1) is 13.8 Å². The second-order valence-corrected chi connectivity index (χ2v) is 11.7. The lowest BCUT2D eigenvalue weighted by atomic mass is 10.1. The summed E-state index contributed by atoms with van der Waals surface area (Å²) >= 11 is 0.